The van der Waals surface area contributed by atoms with E-state index in [2.05, 4.69) is 51.7 Å². The minimum Gasteiger partial charge on any atom is -0.343 e. The topological polar surface area (TPSA) is 43.1 Å². The molecule has 0 unspecified atom stereocenters. The zero-order chi connectivity index (χ0) is 19.2. The van der Waals surface area contributed by atoms with Crippen LogP contribution in [0.25, 0.3) is 22.2 Å². The van der Waals surface area contributed by atoms with Crippen LogP contribution in [0.2, 0.25) is 0 Å². The van der Waals surface area contributed by atoms with Gasteiger partial charge in [-0.1, -0.05) is 17.7 Å². The highest BCUT2D eigenvalue weighted by atomic mass is 16.1. The van der Waals surface area contributed by atoms with E-state index < -0.39 is 0 Å². The van der Waals surface area contributed by atoms with E-state index in [1.165, 1.54) is 16.7 Å². The molecule has 0 aliphatic carbocycles. The van der Waals surface area contributed by atoms with Gasteiger partial charge in [0.1, 0.15) is 5.65 Å². The molecule has 0 saturated carbocycles. The normalized spacial score (nSPS) is 11.3. The Bertz CT molecular complexity index is 1020. The summed E-state index contributed by atoms with van der Waals surface area (Å²) in [4.78, 5) is 20.2. The van der Waals surface area contributed by atoms with E-state index in [1.54, 1.807) is 4.57 Å². The van der Waals surface area contributed by atoms with Crippen molar-refractivity contribution in [1.82, 2.24) is 14.1 Å². The predicted octanol–water partition coefficient (Wildman–Crippen LogP) is 3.71. The van der Waals surface area contributed by atoms with E-state index in [4.69, 9.17) is 4.98 Å². The predicted molar refractivity (Wildman–Crippen MR) is 109 cm³/mol. The van der Waals surface area contributed by atoms with Crippen molar-refractivity contribution in [1.29, 1.82) is 0 Å². The summed E-state index contributed by atoms with van der Waals surface area (Å²) in [6.07, 6.45) is 2.04. The second-order valence-electron chi connectivity index (χ2n) is 7.07. The molecule has 0 spiro atoms. The fourth-order valence-corrected chi connectivity index (χ4v) is 3.97. The van der Waals surface area contributed by atoms with E-state index in [9.17, 15) is 4.79 Å². The largest absolute Gasteiger partial charge is 0.343 e. The molecule has 0 bridgehead atoms. The van der Waals surface area contributed by atoms with Crippen LogP contribution in [0.3, 0.4) is 0 Å². The number of hydrogen-bond donors (Lipinski definition) is 0. The number of hydrogen-bond acceptors (Lipinski definition) is 3. The van der Waals surface area contributed by atoms with Crippen LogP contribution in [0, 0.1) is 20.8 Å². The van der Waals surface area contributed by atoms with Gasteiger partial charge >= 0.3 is 0 Å². The summed E-state index contributed by atoms with van der Waals surface area (Å²) in [5.74, 6) is 0.720. The van der Waals surface area contributed by atoms with Crippen molar-refractivity contribution < 1.29 is 0 Å². The number of aromatic nitrogens is 3. The van der Waals surface area contributed by atoms with Crippen molar-refractivity contribution in [3.63, 3.8) is 0 Å². The zero-order valence-corrected chi connectivity index (χ0v) is 16.8. The van der Waals surface area contributed by atoms with E-state index in [-0.39, 0.29) is 5.56 Å². The van der Waals surface area contributed by atoms with Gasteiger partial charge in [0.25, 0.3) is 5.56 Å². The highest BCUT2D eigenvalue weighted by Gasteiger charge is 2.21. The summed E-state index contributed by atoms with van der Waals surface area (Å²) < 4.78 is 3.65. The Balaban J connectivity index is 2.39. The van der Waals surface area contributed by atoms with Crippen LogP contribution in [0.4, 0.5) is 5.95 Å². The third kappa shape index (κ3) is 2.71. The Morgan fingerprint density at radius 3 is 2.15 bits per heavy atom. The first-order chi connectivity index (χ1) is 12.3. The molecule has 0 radical (unpaired) electrons. The van der Waals surface area contributed by atoms with Crippen LogP contribution >= 0.6 is 0 Å². The van der Waals surface area contributed by atoms with Crippen molar-refractivity contribution in [3.8, 4) is 11.1 Å². The fourth-order valence-electron chi connectivity index (χ4n) is 3.97. The number of anilines is 1. The highest BCUT2D eigenvalue weighted by molar-refractivity contribution is 5.95. The summed E-state index contributed by atoms with van der Waals surface area (Å²) in [5, 5.41) is 0.695. The van der Waals surface area contributed by atoms with Gasteiger partial charge < -0.3 is 9.47 Å². The van der Waals surface area contributed by atoms with Gasteiger partial charge in [-0.2, -0.15) is 4.98 Å². The lowest BCUT2D eigenvalue weighted by atomic mass is 9.94. The molecule has 26 heavy (non-hydrogen) atoms. The molecule has 0 amide bonds. The Hall–Kier alpha value is -2.56. The van der Waals surface area contributed by atoms with Gasteiger partial charge in [0, 0.05) is 38.9 Å². The van der Waals surface area contributed by atoms with Gasteiger partial charge in [0.2, 0.25) is 5.95 Å². The first-order valence-electron chi connectivity index (χ1n) is 9.19. The summed E-state index contributed by atoms with van der Waals surface area (Å²) in [6.45, 7) is 12.1. The molecule has 0 atom stereocenters. The molecule has 3 aromatic rings. The lowest BCUT2D eigenvalue weighted by Gasteiger charge is -2.22. The van der Waals surface area contributed by atoms with Gasteiger partial charge in [-0.15, -0.1) is 0 Å². The van der Waals surface area contributed by atoms with Gasteiger partial charge in [-0.25, -0.2) is 0 Å². The fraction of sp³-hybridized carbons (Fsp3) is 0.429. The average molecular weight is 352 g/mol. The molecule has 5 heteroatoms. The van der Waals surface area contributed by atoms with Crippen LogP contribution in [0.1, 0.15) is 30.5 Å². The minimum atomic E-state index is 0.00637. The molecule has 0 aliphatic heterocycles. The Morgan fingerprint density at radius 1 is 1.04 bits per heavy atom. The van der Waals surface area contributed by atoms with Crippen LogP contribution in [-0.4, -0.2) is 27.2 Å². The summed E-state index contributed by atoms with van der Waals surface area (Å²) in [6, 6.07) is 4.34. The van der Waals surface area contributed by atoms with Crippen LogP contribution in [-0.2, 0) is 14.1 Å². The minimum absolute atomic E-state index is 0.00637. The van der Waals surface area contributed by atoms with Gasteiger partial charge in [0.05, 0.1) is 5.39 Å². The Labute approximate surface area is 154 Å². The monoisotopic (exact) mass is 352 g/mol. The quantitative estimate of drug-likeness (QED) is 0.719. The Kier molecular flexibility index (Phi) is 4.65. The Morgan fingerprint density at radius 2 is 1.62 bits per heavy atom. The third-order valence-electron chi connectivity index (χ3n) is 5.17. The number of rotatable bonds is 4. The molecule has 0 saturated heterocycles. The average Bonchev–Trinajstić information content (AvgIpc) is 2.88. The maximum absolute atomic E-state index is 13.3. The van der Waals surface area contributed by atoms with Crippen molar-refractivity contribution in [2.45, 2.75) is 34.6 Å². The molecule has 2 aromatic heterocycles. The summed E-state index contributed by atoms with van der Waals surface area (Å²) in [5.41, 5.74) is 6.46. The van der Waals surface area contributed by atoms with Crippen LogP contribution in [0.5, 0.6) is 0 Å². The maximum Gasteiger partial charge on any atom is 0.264 e. The van der Waals surface area contributed by atoms with Crippen molar-refractivity contribution in [2.24, 2.45) is 14.1 Å². The number of fused-ring (bicyclic) bond motifs is 1. The highest BCUT2D eigenvalue weighted by Crippen LogP contribution is 2.33. The van der Waals surface area contributed by atoms with Crippen molar-refractivity contribution >= 4 is 17.0 Å². The lowest BCUT2D eigenvalue weighted by Crippen LogP contribution is -2.31. The van der Waals surface area contributed by atoms with Crippen LogP contribution in [0.15, 0.2) is 23.1 Å². The molecule has 0 aliphatic rings. The number of aryl methyl sites for hydroxylation is 4. The summed E-state index contributed by atoms with van der Waals surface area (Å²) >= 11 is 0. The van der Waals surface area contributed by atoms with E-state index >= 15 is 0 Å². The van der Waals surface area contributed by atoms with Crippen molar-refractivity contribution in [3.05, 3.63) is 45.4 Å². The first-order valence-corrected chi connectivity index (χ1v) is 9.19. The van der Waals surface area contributed by atoms with Gasteiger partial charge in [-0.3, -0.25) is 9.36 Å². The zero-order valence-electron chi connectivity index (χ0n) is 16.8. The third-order valence-corrected chi connectivity index (χ3v) is 5.17. The van der Waals surface area contributed by atoms with Gasteiger partial charge in [0.15, 0.2) is 0 Å². The molecule has 0 fully saturated rings. The summed E-state index contributed by atoms with van der Waals surface area (Å²) in [7, 11) is 3.78. The molecule has 0 N–H and O–H groups in total. The molecule has 3 rings (SSSR count). The van der Waals surface area contributed by atoms with E-state index in [0.717, 1.165) is 35.8 Å². The lowest BCUT2D eigenvalue weighted by molar-refractivity contribution is 0.741. The van der Waals surface area contributed by atoms with Gasteiger partial charge in [-0.05, 0) is 51.3 Å². The second-order valence-corrected chi connectivity index (χ2v) is 7.07. The molecule has 2 heterocycles. The number of benzene rings is 1. The molecule has 5 nitrogen and oxygen atoms in total. The van der Waals surface area contributed by atoms with Crippen LogP contribution < -0.4 is 10.5 Å². The number of nitrogens with zero attached hydrogens (tertiary/aromatic N) is 4. The second kappa shape index (κ2) is 6.63. The van der Waals surface area contributed by atoms with E-state index in [0.29, 0.717) is 5.39 Å². The first kappa shape index (κ1) is 18.2. The molecule has 1 aromatic carbocycles. The SMILES string of the molecule is CCN(CC)c1nc2c(c(-c3c(C)cc(C)cc3C)cn2C)c(=O)n1C. The smallest absolute Gasteiger partial charge is 0.264 e. The molecular weight excluding hydrogens is 324 g/mol. The van der Waals surface area contributed by atoms with Crippen molar-refractivity contribution in [2.75, 3.05) is 18.0 Å². The standard InChI is InChI=1S/C21H28N4O/c1-8-25(9-2)21-22-19-18(20(26)24(21)7)16(12-23(19)6)17-14(4)10-13(3)11-15(17)5/h10-12H,8-9H2,1-7H3. The molecular formula is C21H28N4O. The van der Waals surface area contributed by atoms with E-state index in [1.807, 2.05) is 24.9 Å². The maximum atomic E-state index is 13.3. The molecule has 138 valence electrons.